The van der Waals surface area contributed by atoms with Crippen molar-refractivity contribution in [2.24, 2.45) is 0 Å². The largest absolute Gasteiger partial charge is 0.469 e. The Labute approximate surface area is 87.3 Å². The van der Waals surface area contributed by atoms with Crippen molar-refractivity contribution in [1.29, 1.82) is 0 Å². The van der Waals surface area contributed by atoms with E-state index >= 15 is 0 Å². The molecule has 0 radical (unpaired) electrons. The molecule has 0 spiro atoms. The fourth-order valence-electron chi connectivity index (χ4n) is 1.49. The molecule has 1 aliphatic rings. The fourth-order valence-corrected chi connectivity index (χ4v) is 1.60. The van der Waals surface area contributed by atoms with Crippen molar-refractivity contribution in [2.75, 3.05) is 0 Å². The Balaban J connectivity index is 2.15. The summed E-state index contributed by atoms with van der Waals surface area (Å²) in [6.07, 6.45) is 0.283. The Morgan fingerprint density at radius 1 is 1.57 bits per heavy atom. The lowest BCUT2D eigenvalue weighted by Gasteiger charge is -2.18. The summed E-state index contributed by atoms with van der Waals surface area (Å²) in [4.78, 5) is 11.0. The van der Waals surface area contributed by atoms with Crippen LogP contribution in [0, 0.1) is 0 Å². The molecule has 0 saturated carbocycles. The number of hydrogen-bond donors (Lipinski definition) is 0. The number of rotatable bonds is 1. The summed E-state index contributed by atoms with van der Waals surface area (Å²) < 4.78 is 6.60. The number of nitrogens with zero attached hydrogens (tertiary/aromatic N) is 1. The Morgan fingerprint density at radius 2 is 2.29 bits per heavy atom. The quantitative estimate of drug-likeness (QED) is 0.665. The molecule has 2 rings (SSSR count). The van der Waals surface area contributed by atoms with Crippen molar-refractivity contribution >= 4 is 17.7 Å². The van der Waals surface area contributed by atoms with Gasteiger partial charge in [-0.3, -0.25) is 4.79 Å². The van der Waals surface area contributed by atoms with Crippen LogP contribution < -0.4 is 4.74 Å². The highest BCUT2D eigenvalue weighted by atomic mass is 35.5. The van der Waals surface area contributed by atoms with Gasteiger partial charge in [-0.15, -0.1) is 0 Å². The van der Waals surface area contributed by atoms with Crippen LogP contribution in [0.4, 0.5) is 0 Å². The van der Waals surface area contributed by atoms with Crippen LogP contribution in [0.3, 0.4) is 0 Å². The van der Waals surface area contributed by atoms with E-state index < -0.39 is 0 Å². The molecule has 0 fully saturated rings. The number of halogens is 1. The molecule has 1 aromatic rings. The highest BCUT2D eigenvalue weighted by Gasteiger charge is 2.28. The van der Waals surface area contributed by atoms with Crippen molar-refractivity contribution in [1.82, 2.24) is 4.42 Å². The molecule has 1 amide bonds. The Bertz CT molecular complexity index is 342. The van der Waals surface area contributed by atoms with Gasteiger partial charge in [-0.25, -0.2) is 4.42 Å². The molecule has 4 heteroatoms. The van der Waals surface area contributed by atoms with Crippen LogP contribution in [0.25, 0.3) is 0 Å². The normalized spacial score (nSPS) is 18.6. The second-order valence-corrected chi connectivity index (χ2v) is 3.58. The zero-order valence-electron chi connectivity index (χ0n) is 7.74. The average molecular weight is 212 g/mol. The molecule has 1 heterocycles. The predicted molar refractivity (Wildman–Crippen MR) is 52.9 cm³/mol. The van der Waals surface area contributed by atoms with E-state index in [0.29, 0.717) is 6.42 Å². The summed E-state index contributed by atoms with van der Waals surface area (Å²) in [5.41, 5.74) is 1.09. The lowest BCUT2D eigenvalue weighted by atomic mass is 10.1. The first-order valence-electron chi connectivity index (χ1n) is 4.38. The second kappa shape index (κ2) is 3.50. The number of fused-ring (bicyclic) bond motifs is 1. The molecule has 74 valence electrons. The van der Waals surface area contributed by atoms with E-state index in [4.69, 9.17) is 16.5 Å². The van der Waals surface area contributed by atoms with Gasteiger partial charge in [0.05, 0.1) is 0 Å². The molecule has 0 saturated heterocycles. The van der Waals surface area contributed by atoms with Crippen LogP contribution in [-0.4, -0.2) is 16.6 Å². The molecular formula is C10H10ClNO2. The summed E-state index contributed by atoms with van der Waals surface area (Å²) >= 11 is 5.77. The van der Waals surface area contributed by atoms with Crippen molar-refractivity contribution in [3.63, 3.8) is 0 Å². The lowest BCUT2D eigenvalue weighted by Crippen LogP contribution is -2.34. The van der Waals surface area contributed by atoms with Crippen LogP contribution in [-0.2, 0) is 11.2 Å². The van der Waals surface area contributed by atoms with Gasteiger partial charge in [0.2, 0.25) is 5.91 Å². The summed E-state index contributed by atoms with van der Waals surface area (Å²) in [7, 11) is 0. The topological polar surface area (TPSA) is 29.5 Å². The first-order chi connectivity index (χ1) is 6.68. The maximum absolute atomic E-state index is 11.0. The Kier molecular flexibility index (Phi) is 2.33. The van der Waals surface area contributed by atoms with Crippen molar-refractivity contribution in [2.45, 2.75) is 19.6 Å². The first kappa shape index (κ1) is 9.34. The van der Waals surface area contributed by atoms with Crippen LogP contribution in [0.2, 0.25) is 0 Å². The van der Waals surface area contributed by atoms with E-state index in [9.17, 15) is 4.79 Å². The van der Waals surface area contributed by atoms with E-state index in [1.807, 2.05) is 24.3 Å². The maximum atomic E-state index is 11.0. The maximum Gasteiger partial charge on any atom is 0.236 e. The molecule has 3 nitrogen and oxygen atoms in total. The van der Waals surface area contributed by atoms with Gasteiger partial charge in [0.25, 0.3) is 0 Å². The monoisotopic (exact) mass is 211 g/mol. The van der Waals surface area contributed by atoms with Gasteiger partial charge < -0.3 is 4.74 Å². The van der Waals surface area contributed by atoms with Crippen LogP contribution in [0.5, 0.6) is 5.75 Å². The molecule has 0 bridgehead atoms. The van der Waals surface area contributed by atoms with Crippen LogP contribution >= 0.6 is 11.8 Å². The third kappa shape index (κ3) is 1.55. The Morgan fingerprint density at radius 3 is 2.93 bits per heavy atom. The van der Waals surface area contributed by atoms with Gasteiger partial charge in [-0.2, -0.15) is 0 Å². The van der Waals surface area contributed by atoms with E-state index in [2.05, 4.69) is 0 Å². The molecule has 1 atom stereocenters. The number of amides is 1. The molecule has 0 aliphatic carbocycles. The molecule has 1 aliphatic heterocycles. The Hall–Kier alpha value is -1.22. The minimum Gasteiger partial charge on any atom is -0.469 e. The predicted octanol–water partition coefficient (Wildman–Crippen LogP) is 1.95. The summed E-state index contributed by atoms with van der Waals surface area (Å²) in [6, 6.07) is 7.69. The van der Waals surface area contributed by atoms with E-state index in [0.717, 1.165) is 15.7 Å². The number of carbonyl (C=O) groups excluding carboxylic acids is 1. The average Bonchev–Trinajstić information content (AvgIpc) is 2.59. The van der Waals surface area contributed by atoms with Gasteiger partial charge in [0.15, 0.2) is 6.23 Å². The number of ether oxygens (including phenoxy) is 1. The molecule has 1 aromatic carbocycles. The van der Waals surface area contributed by atoms with Crippen molar-refractivity contribution in [3.05, 3.63) is 29.8 Å². The van der Waals surface area contributed by atoms with E-state index in [1.54, 1.807) is 0 Å². The zero-order valence-corrected chi connectivity index (χ0v) is 8.49. The highest BCUT2D eigenvalue weighted by Crippen LogP contribution is 2.30. The number of hydrogen-bond acceptors (Lipinski definition) is 2. The van der Waals surface area contributed by atoms with Gasteiger partial charge in [0.1, 0.15) is 5.75 Å². The van der Waals surface area contributed by atoms with Crippen molar-refractivity contribution in [3.8, 4) is 5.75 Å². The minimum absolute atomic E-state index is 0.204. The third-order valence-electron chi connectivity index (χ3n) is 2.18. The molecule has 0 aromatic heterocycles. The van der Waals surface area contributed by atoms with Gasteiger partial charge in [-0.1, -0.05) is 18.2 Å². The second-order valence-electron chi connectivity index (χ2n) is 3.21. The number of para-hydroxylation sites is 1. The standard InChI is InChI=1S/C10H10ClNO2/c1-7(13)12(11)10-6-8-4-2-3-5-9(8)14-10/h2-5,10H,6H2,1H3. The zero-order chi connectivity index (χ0) is 10.1. The molecule has 14 heavy (non-hydrogen) atoms. The smallest absolute Gasteiger partial charge is 0.236 e. The van der Waals surface area contributed by atoms with Gasteiger partial charge in [0, 0.05) is 25.1 Å². The summed E-state index contributed by atoms with van der Waals surface area (Å²) in [5, 5.41) is 0. The third-order valence-corrected chi connectivity index (χ3v) is 2.64. The molecule has 0 N–H and O–H groups in total. The summed E-state index contributed by atoms with van der Waals surface area (Å²) in [5.74, 6) is 0.605. The van der Waals surface area contributed by atoms with E-state index in [1.165, 1.54) is 6.92 Å². The lowest BCUT2D eigenvalue weighted by molar-refractivity contribution is -0.128. The van der Waals surface area contributed by atoms with E-state index in [-0.39, 0.29) is 12.1 Å². The SMILES string of the molecule is CC(=O)N(Cl)C1Cc2ccccc2O1. The van der Waals surface area contributed by atoms with Gasteiger partial charge >= 0.3 is 0 Å². The van der Waals surface area contributed by atoms with Crippen LogP contribution in [0.1, 0.15) is 12.5 Å². The summed E-state index contributed by atoms with van der Waals surface area (Å²) in [6.45, 7) is 1.42. The van der Waals surface area contributed by atoms with Crippen LogP contribution in [0.15, 0.2) is 24.3 Å². The molecule has 1 unspecified atom stereocenters. The molecular weight excluding hydrogens is 202 g/mol. The van der Waals surface area contributed by atoms with Gasteiger partial charge in [-0.05, 0) is 11.6 Å². The first-order valence-corrected chi connectivity index (χ1v) is 4.72. The highest BCUT2D eigenvalue weighted by molar-refractivity contribution is 6.21. The van der Waals surface area contributed by atoms with Crippen molar-refractivity contribution < 1.29 is 9.53 Å². The number of benzene rings is 1. The minimum atomic E-state index is -0.369. The fraction of sp³-hybridized carbons (Fsp3) is 0.300. The number of carbonyl (C=O) groups is 1.